The van der Waals surface area contributed by atoms with Gasteiger partial charge in [-0.15, -0.1) is 0 Å². The Balaban J connectivity index is 1.79. The van der Waals surface area contributed by atoms with Crippen molar-refractivity contribution in [3.8, 4) is 0 Å². The molecule has 2 bridgehead atoms. The van der Waals surface area contributed by atoms with Gasteiger partial charge in [-0.3, -0.25) is 0 Å². The van der Waals surface area contributed by atoms with Crippen LogP contribution in [0.1, 0.15) is 25.7 Å². The molecule has 0 radical (unpaired) electrons. The van der Waals surface area contributed by atoms with E-state index in [0.717, 1.165) is 18.4 Å². The Kier molecular flexibility index (Phi) is 2.93. The van der Waals surface area contributed by atoms with E-state index in [2.05, 4.69) is 0 Å². The highest BCUT2D eigenvalue weighted by atomic mass is 32.2. The lowest BCUT2D eigenvalue weighted by Gasteiger charge is -2.21. The Morgan fingerprint density at radius 3 is 2.67 bits per heavy atom. The molecular weight excluding hydrogens is 251 g/mol. The lowest BCUT2D eigenvalue weighted by molar-refractivity contribution is 0.360. The number of benzene rings is 1. The fraction of sp³-hybridized carbons (Fsp3) is 0.571. The van der Waals surface area contributed by atoms with Crippen LogP contribution in [-0.4, -0.2) is 14.2 Å². The van der Waals surface area contributed by atoms with Crippen LogP contribution in [0.25, 0.3) is 0 Å². The van der Waals surface area contributed by atoms with Gasteiger partial charge in [0, 0.05) is 0 Å². The summed E-state index contributed by atoms with van der Waals surface area (Å²) in [6, 6.07) is 5.35. The van der Waals surface area contributed by atoms with Crippen molar-refractivity contribution in [2.45, 2.75) is 30.6 Å². The van der Waals surface area contributed by atoms with Crippen LogP contribution in [0.5, 0.6) is 0 Å². The van der Waals surface area contributed by atoms with E-state index in [1.54, 1.807) is 0 Å². The normalized spacial score (nSPS) is 30.8. The van der Waals surface area contributed by atoms with Crippen LogP contribution in [0, 0.1) is 23.6 Å². The highest BCUT2D eigenvalue weighted by Gasteiger charge is 2.41. The zero-order valence-corrected chi connectivity index (χ0v) is 11.0. The Labute approximate surface area is 107 Å². The maximum absolute atomic E-state index is 13.1. The van der Waals surface area contributed by atoms with Crippen LogP contribution in [-0.2, 0) is 9.84 Å². The summed E-state index contributed by atoms with van der Waals surface area (Å²) in [5.41, 5.74) is 0. The van der Waals surface area contributed by atoms with Crippen molar-refractivity contribution >= 4 is 9.84 Å². The van der Waals surface area contributed by atoms with Crippen LogP contribution in [0.4, 0.5) is 4.39 Å². The molecule has 2 fully saturated rings. The van der Waals surface area contributed by atoms with E-state index in [1.807, 2.05) is 0 Å². The summed E-state index contributed by atoms with van der Waals surface area (Å²) in [5.74, 6) is 1.32. The lowest BCUT2D eigenvalue weighted by Crippen LogP contribution is -2.21. The molecule has 3 rings (SSSR count). The van der Waals surface area contributed by atoms with Gasteiger partial charge in [0.25, 0.3) is 0 Å². The number of rotatable bonds is 3. The van der Waals surface area contributed by atoms with Crippen LogP contribution < -0.4 is 0 Å². The quantitative estimate of drug-likeness (QED) is 0.844. The minimum Gasteiger partial charge on any atom is -0.224 e. The van der Waals surface area contributed by atoms with Gasteiger partial charge in [0.1, 0.15) is 5.82 Å². The molecule has 0 amide bonds. The van der Waals surface area contributed by atoms with Gasteiger partial charge in [-0.25, -0.2) is 12.8 Å². The van der Waals surface area contributed by atoms with Crippen LogP contribution >= 0.6 is 0 Å². The van der Waals surface area contributed by atoms with Crippen molar-refractivity contribution in [2.75, 3.05) is 5.75 Å². The molecule has 0 aromatic heterocycles. The number of fused-ring (bicyclic) bond motifs is 2. The maximum Gasteiger partial charge on any atom is 0.178 e. The summed E-state index contributed by atoms with van der Waals surface area (Å²) in [6.07, 6.45) is 4.68. The molecule has 3 atom stereocenters. The molecule has 1 aromatic rings. The maximum atomic E-state index is 13.1. The second-order valence-corrected chi connectivity index (χ2v) is 7.71. The molecule has 4 heteroatoms. The Morgan fingerprint density at radius 2 is 2.06 bits per heavy atom. The average molecular weight is 268 g/mol. The number of sulfone groups is 1. The molecule has 98 valence electrons. The predicted octanol–water partition coefficient (Wildman–Crippen LogP) is 3.04. The van der Waals surface area contributed by atoms with E-state index < -0.39 is 15.7 Å². The molecule has 2 aliphatic carbocycles. The van der Waals surface area contributed by atoms with Crippen molar-refractivity contribution in [3.63, 3.8) is 0 Å². The van der Waals surface area contributed by atoms with Gasteiger partial charge in [-0.1, -0.05) is 12.5 Å². The van der Waals surface area contributed by atoms with Gasteiger partial charge in [0.15, 0.2) is 9.84 Å². The van der Waals surface area contributed by atoms with Gasteiger partial charge in [-0.2, -0.15) is 0 Å². The summed E-state index contributed by atoms with van der Waals surface area (Å²) in [7, 11) is -3.33. The molecular formula is C14H17FO2S. The Bertz CT molecular complexity index is 553. The van der Waals surface area contributed by atoms with Gasteiger partial charge in [0.2, 0.25) is 0 Å². The molecule has 18 heavy (non-hydrogen) atoms. The average Bonchev–Trinajstić information content (AvgIpc) is 2.90. The lowest BCUT2D eigenvalue weighted by atomic mass is 9.90. The first-order valence-electron chi connectivity index (χ1n) is 6.53. The Hall–Kier alpha value is -0.900. The third-order valence-corrected chi connectivity index (χ3v) is 6.31. The smallest absolute Gasteiger partial charge is 0.178 e. The fourth-order valence-corrected chi connectivity index (χ4v) is 5.36. The summed E-state index contributed by atoms with van der Waals surface area (Å²) < 4.78 is 37.6. The van der Waals surface area contributed by atoms with Crippen molar-refractivity contribution in [2.24, 2.45) is 17.8 Å². The molecule has 2 aliphatic rings. The molecule has 3 unspecified atom stereocenters. The standard InChI is InChI=1S/C14H17FO2S/c15-13-2-1-3-14(8-13)18(16,17)9-12-7-10-4-5-11(12)6-10/h1-3,8,10-12H,4-7,9H2. The molecule has 0 aliphatic heterocycles. The second kappa shape index (κ2) is 4.34. The van der Waals surface area contributed by atoms with E-state index in [9.17, 15) is 12.8 Å². The third kappa shape index (κ3) is 2.18. The third-order valence-electron chi connectivity index (χ3n) is 4.47. The van der Waals surface area contributed by atoms with Gasteiger partial charge >= 0.3 is 0 Å². The zero-order chi connectivity index (χ0) is 12.8. The zero-order valence-electron chi connectivity index (χ0n) is 10.2. The first kappa shape index (κ1) is 12.2. The number of hydrogen-bond donors (Lipinski definition) is 0. The molecule has 0 heterocycles. The number of hydrogen-bond acceptors (Lipinski definition) is 2. The largest absolute Gasteiger partial charge is 0.224 e. The van der Waals surface area contributed by atoms with Crippen molar-refractivity contribution < 1.29 is 12.8 Å². The molecule has 2 nitrogen and oxygen atoms in total. The fourth-order valence-electron chi connectivity index (χ4n) is 3.62. The van der Waals surface area contributed by atoms with E-state index in [-0.39, 0.29) is 16.6 Å². The minimum atomic E-state index is -3.33. The van der Waals surface area contributed by atoms with E-state index in [0.29, 0.717) is 5.92 Å². The van der Waals surface area contributed by atoms with Crippen LogP contribution in [0.2, 0.25) is 0 Å². The first-order chi connectivity index (χ1) is 8.54. The highest BCUT2D eigenvalue weighted by molar-refractivity contribution is 7.91. The number of halogens is 1. The van der Waals surface area contributed by atoms with E-state index >= 15 is 0 Å². The van der Waals surface area contributed by atoms with Gasteiger partial charge in [-0.05, 0) is 55.2 Å². The second-order valence-electron chi connectivity index (χ2n) is 5.67. The minimum absolute atomic E-state index is 0.130. The molecule has 0 spiro atoms. The molecule has 1 aromatic carbocycles. The predicted molar refractivity (Wildman–Crippen MR) is 67.4 cm³/mol. The van der Waals surface area contributed by atoms with E-state index in [1.165, 1.54) is 37.5 Å². The summed E-state index contributed by atoms with van der Waals surface area (Å²) in [6.45, 7) is 0. The SMILES string of the molecule is O=S(=O)(CC1CC2CCC1C2)c1cccc(F)c1. The molecule has 0 saturated heterocycles. The van der Waals surface area contributed by atoms with Crippen LogP contribution in [0.3, 0.4) is 0 Å². The topological polar surface area (TPSA) is 34.1 Å². The highest BCUT2D eigenvalue weighted by Crippen LogP contribution is 2.49. The summed E-state index contributed by atoms with van der Waals surface area (Å²) in [4.78, 5) is 0.130. The molecule has 2 saturated carbocycles. The van der Waals surface area contributed by atoms with Crippen LogP contribution in [0.15, 0.2) is 29.2 Å². The van der Waals surface area contributed by atoms with Gasteiger partial charge in [0.05, 0.1) is 10.6 Å². The van der Waals surface area contributed by atoms with Gasteiger partial charge < -0.3 is 0 Å². The molecule has 0 N–H and O–H groups in total. The Morgan fingerprint density at radius 1 is 1.22 bits per heavy atom. The summed E-state index contributed by atoms with van der Waals surface area (Å²) in [5, 5.41) is 0. The van der Waals surface area contributed by atoms with Crippen molar-refractivity contribution in [3.05, 3.63) is 30.1 Å². The van der Waals surface area contributed by atoms with Crippen molar-refractivity contribution in [1.29, 1.82) is 0 Å². The summed E-state index contributed by atoms with van der Waals surface area (Å²) >= 11 is 0. The monoisotopic (exact) mass is 268 g/mol. The van der Waals surface area contributed by atoms with E-state index in [4.69, 9.17) is 0 Å². The van der Waals surface area contributed by atoms with Crippen molar-refractivity contribution in [1.82, 2.24) is 0 Å². The first-order valence-corrected chi connectivity index (χ1v) is 8.18.